The highest BCUT2D eigenvalue weighted by Crippen LogP contribution is 1.99. The average molecular weight is 319 g/mol. The van der Waals surface area contributed by atoms with E-state index in [4.69, 9.17) is 16.6 Å². The molecule has 0 rings (SSSR count). The number of guanidine groups is 1. The maximum Gasteiger partial charge on any atom is 0.326 e. The van der Waals surface area contributed by atoms with Crippen LogP contribution in [-0.2, 0) is 9.59 Å². The number of aliphatic imine (C=N–C) groups is 1. The topological polar surface area (TPSA) is 134 Å². The van der Waals surface area contributed by atoms with E-state index < -0.39 is 24.0 Å². The van der Waals surface area contributed by atoms with Crippen molar-refractivity contribution in [1.29, 1.82) is 0 Å². The van der Waals surface area contributed by atoms with E-state index in [-0.39, 0.29) is 6.42 Å². The summed E-state index contributed by atoms with van der Waals surface area (Å²) in [5, 5.41) is 11.3. The Morgan fingerprint density at radius 3 is 2.48 bits per heavy atom. The van der Waals surface area contributed by atoms with Gasteiger partial charge in [0, 0.05) is 20.6 Å². The minimum absolute atomic E-state index is 0.251. The van der Waals surface area contributed by atoms with E-state index in [1.165, 1.54) is 0 Å². The fourth-order valence-corrected chi connectivity index (χ4v) is 1.70. The van der Waals surface area contributed by atoms with Crippen molar-refractivity contribution in [2.45, 2.75) is 31.3 Å². The van der Waals surface area contributed by atoms with Crippen LogP contribution in [0.4, 0.5) is 0 Å². The van der Waals surface area contributed by atoms with Gasteiger partial charge in [-0.25, -0.2) is 4.79 Å². The van der Waals surface area contributed by atoms with Crippen molar-refractivity contribution in [3.8, 4) is 0 Å². The first kappa shape index (κ1) is 19.5. The van der Waals surface area contributed by atoms with E-state index in [1.54, 1.807) is 19.0 Å². The van der Waals surface area contributed by atoms with Gasteiger partial charge >= 0.3 is 5.97 Å². The second kappa shape index (κ2) is 10.3. The van der Waals surface area contributed by atoms with Gasteiger partial charge < -0.3 is 26.8 Å². The number of thiol groups is 1. The van der Waals surface area contributed by atoms with Crippen molar-refractivity contribution in [1.82, 2.24) is 10.2 Å². The summed E-state index contributed by atoms with van der Waals surface area (Å²) in [7, 11) is 3.57. The summed E-state index contributed by atoms with van der Waals surface area (Å²) < 4.78 is 0. The molecule has 0 aliphatic heterocycles. The molecule has 0 aliphatic carbocycles. The minimum Gasteiger partial charge on any atom is -0.480 e. The maximum atomic E-state index is 11.8. The van der Waals surface area contributed by atoms with Gasteiger partial charge in [0.05, 0.1) is 6.04 Å². The van der Waals surface area contributed by atoms with Crippen molar-refractivity contribution < 1.29 is 14.7 Å². The van der Waals surface area contributed by atoms with Crippen LogP contribution in [0.3, 0.4) is 0 Å². The highest BCUT2D eigenvalue weighted by Gasteiger charge is 2.22. The number of carbonyl (C=O) groups excluding carboxylic acids is 1. The Bertz CT molecular complexity index is 376. The van der Waals surface area contributed by atoms with Crippen molar-refractivity contribution >= 4 is 30.5 Å². The second-order valence-corrected chi connectivity index (χ2v) is 5.24. The van der Waals surface area contributed by atoms with Gasteiger partial charge in [-0.3, -0.25) is 9.79 Å². The Morgan fingerprint density at radius 2 is 2.00 bits per heavy atom. The molecule has 0 heterocycles. The number of carboxylic acid groups (broad SMARTS) is 1. The Morgan fingerprint density at radius 1 is 1.38 bits per heavy atom. The lowest BCUT2D eigenvalue weighted by molar-refractivity contribution is -0.142. The molecule has 0 spiro atoms. The molecule has 0 saturated carbocycles. The first-order valence-electron chi connectivity index (χ1n) is 6.66. The number of nitrogens with one attached hydrogen (secondary N) is 1. The predicted molar refractivity (Wildman–Crippen MR) is 85.4 cm³/mol. The zero-order chi connectivity index (χ0) is 16.4. The van der Waals surface area contributed by atoms with Crippen molar-refractivity contribution in [3.05, 3.63) is 0 Å². The minimum atomic E-state index is -1.09. The number of nitrogens with zero attached hydrogens (tertiary/aromatic N) is 2. The van der Waals surface area contributed by atoms with Gasteiger partial charge in [-0.15, -0.1) is 0 Å². The summed E-state index contributed by atoms with van der Waals surface area (Å²) in [6, 6.07) is -1.72. The Balaban J connectivity index is 4.16. The largest absolute Gasteiger partial charge is 0.480 e. The molecule has 21 heavy (non-hydrogen) atoms. The SMILES string of the molecule is CN(C)C(N)=NCCCC(N)C(=O)NC(CCS)C(=O)O. The molecule has 0 aromatic carbocycles. The van der Waals surface area contributed by atoms with Crippen LogP contribution in [0.15, 0.2) is 4.99 Å². The number of nitrogens with two attached hydrogens (primary N) is 2. The monoisotopic (exact) mass is 319 g/mol. The molecular formula is C12H25N5O3S. The lowest BCUT2D eigenvalue weighted by atomic mass is 10.1. The van der Waals surface area contributed by atoms with Crippen LogP contribution in [0, 0.1) is 0 Å². The van der Waals surface area contributed by atoms with E-state index >= 15 is 0 Å². The molecule has 0 fully saturated rings. The number of carbonyl (C=O) groups is 2. The van der Waals surface area contributed by atoms with Gasteiger partial charge in [0.25, 0.3) is 0 Å². The summed E-state index contributed by atoms with van der Waals surface area (Å²) in [5.74, 6) is -0.792. The molecule has 0 radical (unpaired) electrons. The molecule has 0 aromatic heterocycles. The van der Waals surface area contributed by atoms with Crippen LogP contribution in [0.1, 0.15) is 19.3 Å². The number of hydrogen-bond acceptors (Lipinski definition) is 5. The van der Waals surface area contributed by atoms with Crippen LogP contribution in [0.2, 0.25) is 0 Å². The standard InChI is InChI=1S/C12H25N5O3S/c1-17(2)12(14)15-6-3-4-8(13)10(18)16-9(5-7-21)11(19)20/h8-9,21H,3-7,13H2,1-2H3,(H2,14,15)(H,16,18)(H,19,20). The van der Waals surface area contributed by atoms with Crippen molar-refractivity contribution in [3.63, 3.8) is 0 Å². The van der Waals surface area contributed by atoms with Gasteiger partial charge in [-0.1, -0.05) is 0 Å². The molecule has 1 amide bonds. The van der Waals surface area contributed by atoms with Gasteiger partial charge in [0.15, 0.2) is 5.96 Å². The molecule has 8 nitrogen and oxygen atoms in total. The molecular weight excluding hydrogens is 294 g/mol. The lowest BCUT2D eigenvalue weighted by Gasteiger charge is -2.17. The normalized spacial score (nSPS) is 14.4. The number of rotatable bonds is 9. The quantitative estimate of drug-likeness (QED) is 0.158. The first-order valence-corrected chi connectivity index (χ1v) is 7.29. The van der Waals surface area contributed by atoms with E-state index in [9.17, 15) is 9.59 Å². The van der Waals surface area contributed by atoms with Gasteiger partial charge in [0.1, 0.15) is 6.04 Å². The fraction of sp³-hybridized carbons (Fsp3) is 0.750. The van der Waals surface area contributed by atoms with Crippen molar-refractivity contribution in [2.24, 2.45) is 16.5 Å². The molecule has 0 saturated heterocycles. The second-order valence-electron chi connectivity index (χ2n) is 4.79. The summed E-state index contributed by atoms with van der Waals surface area (Å²) >= 11 is 3.96. The third kappa shape index (κ3) is 8.41. The van der Waals surface area contributed by atoms with Crippen molar-refractivity contribution in [2.75, 3.05) is 26.4 Å². The summed E-state index contributed by atoms with van der Waals surface area (Å²) in [5.41, 5.74) is 11.3. The van der Waals surface area contributed by atoms with E-state index in [0.29, 0.717) is 31.1 Å². The number of hydrogen-bond donors (Lipinski definition) is 5. The number of aliphatic carboxylic acids is 1. The van der Waals surface area contributed by atoms with Gasteiger partial charge in [-0.05, 0) is 25.0 Å². The van der Waals surface area contributed by atoms with Crippen LogP contribution in [0.25, 0.3) is 0 Å². The van der Waals surface area contributed by atoms with Crippen LogP contribution in [0.5, 0.6) is 0 Å². The summed E-state index contributed by atoms with van der Waals surface area (Å²) in [4.78, 5) is 28.5. The molecule has 0 bridgehead atoms. The molecule has 2 atom stereocenters. The summed E-state index contributed by atoms with van der Waals surface area (Å²) in [6.45, 7) is 0.462. The zero-order valence-electron chi connectivity index (χ0n) is 12.5. The predicted octanol–water partition coefficient (Wildman–Crippen LogP) is -1.14. The van der Waals surface area contributed by atoms with Crippen LogP contribution >= 0.6 is 12.6 Å². The maximum absolute atomic E-state index is 11.8. The molecule has 2 unspecified atom stereocenters. The van der Waals surface area contributed by atoms with E-state index in [2.05, 4.69) is 22.9 Å². The summed E-state index contributed by atoms with van der Waals surface area (Å²) in [6.07, 6.45) is 1.25. The fourth-order valence-electron chi connectivity index (χ4n) is 1.44. The lowest BCUT2D eigenvalue weighted by Crippen LogP contribution is -2.48. The highest BCUT2D eigenvalue weighted by molar-refractivity contribution is 7.80. The van der Waals surface area contributed by atoms with E-state index in [0.717, 1.165) is 0 Å². The molecule has 0 aromatic rings. The highest BCUT2D eigenvalue weighted by atomic mass is 32.1. The zero-order valence-corrected chi connectivity index (χ0v) is 13.3. The Kier molecular flexibility index (Phi) is 9.55. The van der Waals surface area contributed by atoms with E-state index in [1.807, 2.05) is 0 Å². The number of amides is 1. The third-order valence-electron chi connectivity index (χ3n) is 2.77. The Labute approximate surface area is 130 Å². The molecule has 9 heteroatoms. The van der Waals surface area contributed by atoms with Crippen LogP contribution < -0.4 is 16.8 Å². The van der Waals surface area contributed by atoms with Gasteiger partial charge in [0.2, 0.25) is 5.91 Å². The van der Waals surface area contributed by atoms with Crippen LogP contribution in [-0.4, -0.2) is 66.3 Å². The molecule has 6 N–H and O–H groups in total. The number of carboxylic acids is 1. The Hall–Kier alpha value is -1.48. The molecule has 0 aliphatic rings. The third-order valence-corrected chi connectivity index (χ3v) is 3.03. The molecule has 122 valence electrons. The smallest absolute Gasteiger partial charge is 0.326 e. The van der Waals surface area contributed by atoms with Gasteiger partial charge in [-0.2, -0.15) is 12.6 Å². The first-order chi connectivity index (χ1) is 9.79. The average Bonchev–Trinajstić information content (AvgIpc) is 2.41.